The lowest BCUT2D eigenvalue weighted by Crippen LogP contribution is -2.42. The highest BCUT2D eigenvalue weighted by atomic mass is 16.5. The molecular formula is C16H27NO2. The van der Waals surface area contributed by atoms with Crippen LogP contribution in [-0.2, 0) is 5.41 Å². The van der Waals surface area contributed by atoms with Gasteiger partial charge in [0.2, 0.25) is 0 Å². The summed E-state index contributed by atoms with van der Waals surface area (Å²) in [5.74, 6) is 0.809. The van der Waals surface area contributed by atoms with Crippen molar-refractivity contribution in [3.63, 3.8) is 0 Å². The van der Waals surface area contributed by atoms with E-state index in [-0.39, 0.29) is 12.0 Å². The van der Waals surface area contributed by atoms with Crippen LogP contribution in [0.1, 0.15) is 40.2 Å². The van der Waals surface area contributed by atoms with Crippen LogP contribution in [-0.4, -0.2) is 30.4 Å². The van der Waals surface area contributed by atoms with E-state index in [9.17, 15) is 5.11 Å². The van der Waals surface area contributed by atoms with Gasteiger partial charge in [-0.15, -0.1) is 0 Å². The van der Waals surface area contributed by atoms with Gasteiger partial charge in [-0.25, -0.2) is 0 Å². The molecule has 1 aromatic rings. The molecule has 0 radical (unpaired) electrons. The van der Waals surface area contributed by atoms with Gasteiger partial charge in [0, 0.05) is 6.54 Å². The average molecular weight is 265 g/mol. The number of aliphatic hydroxyl groups is 1. The van der Waals surface area contributed by atoms with Crippen LogP contribution >= 0.6 is 0 Å². The molecule has 0 fully saturated rings. The first-order valence-electron chi connectivity index (χ1n) is 6.91. The van der Waals surface area contributed by atoms with Crippen LogP contribution in [0.3, 0.4) is 0 Å². The Balaban J connectivity index is 2.63. The Morgan fingerprint density at radius 3 is 2.47 bits per heavy atom. The quantitative estimate of drug-likeness (QED) is 0.831. The first-order valence-corrected chi connectivity index (χ1v) is 6.91. The Labute approximate surface area is 117 Å². The molecule has 0 aliphatic rings. The Kier molecular flexibility index (Phi) is 5.39. The largest absolute Gasteiger partial charge is 0.491 e. The lowest BCUT2D eigenvalue weighted by atomic mass is 9.87. The van der Waals surface area contributed by atoms with E-state index in [4.69, 9.17) is 4.74 Å². The highest BCUT2D eigenvalue weighted by Crippen LogP contribution is 2.25. The van der Waals surface area contributed by atoms with Gasteiger partial charge in [0.05, 0.1) is 0 Å². The number of hydrogen-bond acceptors (Lipinski definition) is 3. The van der Waals surface area contributed by atoms with Crippen molar-refractivity contribution in [1.29, 1.82) is 0 Å². The van der Waals surface area contributed by atoms with E-state index in [1.165, 1.54) is 5.56 Å². The summed E-state index contributed by atoms with van der Waals surface area (Å²) in [5.41, 5.74) is 0.482. The van der Waals surface area contributed by atoms with Crippen molar-refractivity contribution in [3.8, 4) is 5.75 Å². The van der Waals surface area contributed by atoms with E-state index >= 15 is 0 Å². The van der Waals surface area contributed by atoms with Gasteiger partial charge in [-0.2, -0.15) is 0 Å². The molecule has 0 aliphatic heterocycles. The Bertz CT molecular complexity index is 394. The van der Waals surface area contributed by atoms with Gasteiger partial charge >= 0.3 is 0 Å². The SMILES string of the molecule is CCNCC(C)(O)COc1cccc(C(C)(C)C)c1. The third kappa shape index (κ3) is 5.62. The van der Waals surface area contributed by atoms with Crippen molar-refractivity contribution >= 4 is 0 Å². The predicted molar refractivity (Wildman–Crippen MR) is 79.8 cm³/mol. The summed E-state index contributed by atoms with van der Waals surface area (Å²) in [5, 5.41) is 13.3. The highest BCUT2D eigenvalue weighted by molar-refractivity contribution is 5.32. The van der Waals surface area contributed by atoms with E-state index in [0.717, 1.165) is 12.3 Å². The number of rotatable bonds is 6. The minimum absolute atomic E-state index is 0.103. The molecule has 0 saturated heterocycles. The zero-order valence-electron chi connectivity index (χ0n) is 12.8. The van der Waals surface area contributed by atoms with Crippen molar-refractivity contribution in [2.45, 2.75) is 45.6 Å². The fourth-order valence-electron chi connectivity index (χ4n) is 1.74. The van der Waals surface area contributed by atoms with Crippen molar-refractivity contribution in [2.24, 2.45) is 0 Å². The summed E-state index contributed by atoms with van der Waals surface area (Å²) >= 11 is 0. The fourth-order valence-corrected chi connectivity index (χ4v) is 1.74. The molecule has 0 aliphatic carbocycles. The molecule has 0 spiro atoms. The maximum absolute atomic E-state index is 10.1. The monoisotopic (exact) mass is 265 g/mol. The normalized spacial score (nSPS) is 15.1. The van der Waals surface area contributed by atoms with Gasteiger partial charge in [-0.3, -0.25) is 0 Å². The van der Waals surface area contributed by atoms with Crippen LogP contribution in [0.25, 0.3) is 0 Å². The second-order valence-corrected chi connectivity index (χ2v) is 6.34. The Hall–Kier alpha value is -1.06. The molecule has 2 N–H and O–H groups in total. The molecule has 0 aromatic heterocycles. The van der Waals surface area contributed by atoms with Gasteiger partial charge in [-0.1, -0.05) is 39.8 Å². The molecular weight excluding hydrogens is 238 g/mol. The minimum Gasteiger partial charge on any atom is -0.491 e. The Morgan fingerprint density at radius 2 is 1.89 bits per heavy atom. The van der Waals surface area contributed by atoms with E-state index in [0.29, 0.717) is 6.54 Å². The van der Waals surface area contributed by atoms with Crippen LogP contribution in [0.15, 0.2) is 24.3 Å². The molecule has 1 aromatic carbocycles. The minimum atomic E-state index is -0.853. The van der Waals surface area contributed by atoms with Crippen molar-refractivity contribution < 1.29 is 9.84 Å². The summed E-state index contributed by atoms with van der Waals surface area (Å²) in [7, 11) is 0. The molecule has 3 nitrogen and oxygen atoms in total. The first kappa shape index (κ1) is 16.0. The summed E-state index contributed by atoms with van der Waals surface area (Å²) in [6, 6.07) is 8.07. The Morgan fingerprint density at radius 1 is 1.21 bits per heavy atom. The van der Waals surface area contributed by atoms with Gasteiger partial charge in [0.15, 0.2) is 0 Å². The summed E-state index contributed by atoms with van der Waals surface area (Å²) in [4.78, 5) is 0. The topological polar surface area (TPSA) is 41.5 Å². The molecule has 1 atom stereocenters. The molecule has 108 valence electrons. The number of nitrogens with one attached hydrogen (secondary N) is 1. The number of ether oxygens (including phenoxy) is 1. The van der Waals surface area contributed by atoms with Crippen LogP contribution in [0.2, 0.25) is 0 Å². The van der Waals surface area contributed by atoms with E-state index in [2.05, 4.69) is 32.2 Å². The van der Waals surface area contributed by atoms with Crippen LogP contribution < -0.4 is 10.1 Å². The summed E-state index contributed by atoms with van der Waals surface area (Å²) < 4.78 is 5.71. The zero-order valence-corrected chi connectivity index (χ0v) is 12.8. The third-order valence-electron chi connectivity index (χ3n) is 3.01. The third-order valence-corrected chi connectivity index (χ3v) is 3.01. The highest BCUT2D eigenvalue weighted by Gasteiger charge is 2.21. The summed E-state index contributed by atoms with van der Waals surface area (Å²) in [6.45, 7) is 12.0. The number of likely N-dealkylation sites (N-methyl/N-ethyl adjacent to an activating group) is 1. The second kappa shape index (κ2) is 6.40. The smallest absolute Gasteiger partial charge is 0.119 e. The van der Waals surface area contributed by atoms with Gasteiger partial charge in [-0.05, 0) is 36.6 Å². The van der Waals surface area contributed by atoms with Crippen LogP contribution in [0.5, 0.6) is 5.75 Å². The standard InChI is InChI=1S/C16H27NO2/c1-6-17-11-16(5,18)12-19-14-9-7-8-13(10-14)15(2,3)4/h7-10,17-18H,6,11-12H2,1-5H3. The van der Waals surface area contributed by atoms with E-state index in [1.54, 1.807) is 6.92 Å². The molecule has 1 unspecified atom stereocenters. The molecule has 1 rings (SSSR count). The number of hydrogen-bond donors (Lipinski definition) is 2. The van der Waals surface area contributed by atoms with Gasteiger partial charge in [0.1, 0.15) is 18.0 Å². The predicted octanol–water partition coefficient (Wildman–Crippen LogP) is 2.72. The van der Waals surface area contributed by atoms with Crippen molar-refractivity contribution in [2.75, 3.05) is 19.7 Å². The molecule has 3 heteroatoms. The zero-order chi connectivity index (χ0) is 14.5. The number of benzene rings is 1. The van der Waals surface area contributed by atoms with Gasteiger partial charge < -0.3 is 15.2 Å². The van der Waals surface area contributed by atoms with Crippen molar-refractivity contribution in [3.05, 3.63) is 29.8 Å². The van der Waals surface area contributed by atoms with E-state index in [1.807, 2.05) is 25.1 Å². The molecule has 0 saturated carbocycles. The lowest BCUT2D eigenvalue weighted by Gasteiger charge is -2.24. The molecule has 0 bridgehead atoms. The maximum atomic E-state index is 10.1. The molecule has 0 heterocycles. The van der Waals surface area contributed by atoms with Gasteiger partial charge in [0.25, 0.3) is 0 Å². The van der Waals surface area contributed by atoms with Crippen LogP contribution in [0, 0.1) is 0 Å². The molecule has 0 amide bonds. The first-order chi connectivity index (χ1) is 8.74. The van der Waals surface area contributed by atoms with E-state index < -0.39 is 5.60 Å². The van der Waals surface area contributed by atoms with Crippen LogP contribution in [0.4, 0.5) is 0 Å². The fraction of sp³-hybridized carbons (Fsp3) is 0.625. The molecule has 19 heavy (non-hydrogen) atoms. The van der Waals surface area contributed by atoms with Crippen molar-refractivity contribution in [1.82, 2.24) is 5.32 Å². The maximum Gasteiger partial charge on any atom is 0.119 e. The second-order valence-electron chi connectivity index (χ2n) is 6.34. The summed E-state index contributed by atoms with van der Waals surface area (Å²) in [6.07, 6.45) is 0. The lowest BCUT2D eigenvalue weighted by molar-refractivity contribution is 0.0127. The average Bonchev–Trinajstić information content (AvgIpc) is 2.34.